The van der Waals surface area contributed by atoms with Gasteiger partial charge in [-0.1, -0.05) is 30.3 Å². The number of alkyl halides is 3. The lowest BCUT2D eigenvalue weighted by Crippen LogP contribution is -2.41. The third-order valence-electron chi connectivity index (χ3n) is 8.87. The SMILES string of the molecule is CCOC(=O)[C@@H]1CC2(CCN(c3cc(O[C@H](c4ccc(-c5ccc6c(c5)CCC(=O)N6)cc4)C(F)(F)F)nc(N)n3)CC2)CN1. The van der Waals surface area contributed by atoms with E-state index in [9.17, 15) is 22.8 Å². The molecule has 2 fully saturated rings. The predicted molar refractivity (Wildman–Crippen MR) is 162 cm³/mol. The molecule has 0 saturated carbocycles. The summed E-state index contributed by atoms with van der Waals surface area (Å²) in [6.45, 7) is 3.98. The monoisotopic (exact) mass is 624 g/mol. The summed E-state index contributed by atoms with van der Waals surface area (Å²) in [6, 6.07) is 12.7. The smallest absolute Gasteiger partial charge is 0.429 e. The van der Waals surface area contributed by atoms with Crippen molar-refractivity contribution >= 4 is 29.3 Å². The van der Waals surface area contributed by atoms with Gasteiger partial charge in [-0.3, -0.25) is 9.59 Å². The molecule has 3 aliphatic rings. The van der Waals surface area contributed by atoms with Gasteiger partial charge in [-0.15, -0.1) is 0 Å². The van der Waals surface area contributed by atoms with Gasteiger partial charge in [-0.25, -0.2) is 0 Å². The fourth-order valence-corrected chi connectivity index (χ4v) is 6.43. The first-order valence-electron chi connectivity index (χ1n) is 15.1. The van der Waals surface area contributed by atoms with Gasteiger partial charge in [-0.2, -0.15) is 23.1 Å². The van der Waals surface area contributed by atoms with Crippen molar-refractivity contribution in [3.05, 3.63) is 59.7 Å². The van der Waals surface area contributed by atoms with Crippen molar-refractivity contribution in [2.75, 3.05) is 42.2 Å². The summed E-state index contributed by atoms with van der Waals surface area (Å²) in [7, 11) is 0. The highest BCUT2D eigenvalue weighted by Gasteiger charge is 2.45. The van der Waals surface area contributed by atoms with Crippen LogP contribution in [0.15, 0.2) is 48.5 Å². The van der Waals surface area contributed by atoms with Crippen LogP contribution in [0.4, 0.5) is 30.6 Å². The molecule has 4 N–H and O–H groups in total. The third kappa shape index (κ3) is 6.68. The number of halogens is 3. The van der Waals surface area contributed by atoms with Crippen LogP contribution in [-0.4, -0.2) is 60.3 Å². The minimum absolute atomic E-state index is 0.0354. The van der Waals surface area contributed by atoms with Crippen LogP contribution in [0.1, 0.15) is 49.8 Å². The van der Waals surface area contributed by atoms with E-state index in [1.165, 1.54) is 18.2 Å². The molecule has 1 spiro atoms. The highest BCUT2D eigenvalue weighted by atomic mass is 19.4. The number of carbonyl (C=O) groups is 2. The van der Waals surface area contributed by atoms with E-state index in [2.05, 4.69) is 20.6 Å². The lowest BCUT2D eigenvalue weighted by Gasteiger charge is -2.39. The minimum atomic E-state index is -4.73. The highest BCUT2D eigenvalue weighted by molar-refractivity contribution is 5.94. The van der Waals surface area contributed by atoms with E-state index >= 15 is 0 Å². The number of rotatable bonds is 7. The normalized spacial score (nSPS) is 20.0. The number of amides is 1. The summed E-state index contributed by atoms with van der Waals surface area (Å²) in [5, 5.41) is 6.10. The molecule has 4 heterocycles. The molecule has 13 heteroatoms. The Morgan fingerprint density at radius 3 is 2.53 bits per heavy atom. The standard InChI is InChI=1S/C32H35F3N6O4/c1-2-44-29(43)24-17-31(18-37-24)11-13-41(14-12-31)25-16-27(40-30(36)39-25)45-28(32(33,34)35)20-5-3-19(4-6-20)21-7-9-23-22(15-21)8-10-26(42)38-23/h3-7,9,15-16,24,28,37H,2,8,10-14,17-18H2,1H3,(H,38,42)(H2,36,39,40)/t24-,28+/m0/s1. The molecule has 2 aromatic carbocycles. The maximum Gasteiger partial charge on any atom is 0.429 e. The Hall–Kier alpha value is -4.39. The zero-order valence-electron chi connectivity index (χ0n) is 24.8. The average molecular weight is 625 g/mol. The topological polar surface area (TPSA) is 132 Å². The molecule has 0 aliphatic carbocycles. The molecule has 3 aliphatic heterocycles. The van der Waals surface area contributed by atoms with Crippen LogP contribution in [0, 0.1) is 5.41 Å². The average Bonchev–Trinajstić information content (AvgIpc) is 3.43. The number of nitrogens with two attached hydrogens (primary N) is 1. The van der Waals surface area contributed by atoms with Gasteiger partial charge in [0.2, 0.25) is 23.8 Å². The Labute approximate surface area is 258 Å². The van der Waals surface area contributed by atoms with Gasteiger partial charge in [0, 0.05) is 43.4 Å². The summed E-state index contributed by atoms with van der Waals surface area (Å²) in [5.41, 5.74) is 9.09. The number of piperidine rings is 1. The first kappa shape index (κ1) is 30.6. The number of aromatic nitrogens is 2. The van der Waals surface area contributed by atoms with E-state index in [1.54, 1.807) is 25.1 Å². The van der Waals surface area contributed by atoms with E-state index in [0.717, 1.165) is 35.2 Å². The molecule has 238 valence electrons. The molecule has 1 aromatic heterocycles. The first-order chi connectivity index (χ1) is 21.5. The van der Waals surface area contributed by atoms with Gasteiger partial charge in [0.15, 0.2) is 0 Å². The Kier molecular flexibility index (Phi) is 8.29. The van der Waals surface area contributed by atoms with Crippen LogP contribution in [0.2, 0.25) is 0 Å². The molecule has 3 aromatic rings. The number of esters is 1. The number of nitrogen functional groups attached to an aromatic ring is 1. The van der Waals surface area contributed by atoms with Gasteiger partial charge < -0.3 is 30.7 Å². The van der Waals surface area contributed by atoms with Crippen LogP contribution < -0.4 is 26.0 Å². The second kappa shape index (κ2) is 12.2. The van der Waals surface area contributed by atoms with E-state index in [4.69, 9.17) is 15.2 Å². The third-order valence-corrected chi connectivity index (χ3v) is 8.87. The van der Waals surface area contributed by atoms with E-state index in [-0.39, 0.29) is 40.7 Å². The molecule has 2 atom stereocenters. The van der Waals surface area contributed by atoms with Crippen molar-refractivity contribution in [1.29, 1.82) is 0 Å². The first-order valence-corrected chi connectivity index (χ1v) is 15.1. The number of nitrogens with zero attached hydrogens (tertiary/aromatic N) is 3. The van der Waals surface area contributed by atoms with Crippen molar-refractivity contribution in [3.63, 3.8) is 0 Å². The lowest BCUT2D eigenvalue weighted by molar-refractivity contribution is -0.198. The van der Waals surface area contributed by atoms with Crippen LogP contribution in [0.5, 0.6) is 5.88 Å². The fourth-order valence-electron chi connectivity index (χ4n) is 6.43. The number of fused-ring (bicyclic) bond motifs is 1. The number of aryl methyl sites for hydroxylation is 1. The molecule has 0 unspecified atom stereocenters. The molecular weight excluding hydrogens is 589 g/mol. The van der Waals surface area contributed by atoms with E-state index < -0.39 is 12.3 Å². The van der Waals surface area contributed by atoms with Gasteiger partial charge in [0.25, 0.3) is 0 Å². The zero-order valence-corrected chi connectivity index (χ0v) is 24.8. The Bertz CT molecular complexity index is 1570. The lowest BCUT2D eigenvalue weighted by atomic mass is 9.76. The van der Waals surface area contributed by atoms with Gasteiger partial charge in [-0.05, 0) is 66.8 Å². The van der Waals surface area contributed by atoms with E-state index in [1.807, 2.05) is 17.0 Å². The van der Waals surface area contributed by atoms with Crippen molar-refractivity contribution in [2.24, 2.45) is 5.41 Å². The molecule has 0 radical (unpaired) electrons. The van der Waals surface area contributed by atoms with Crippen LogP contribution in [0.25, 0.3) is 11.1 Å². The predicted octanol–water partition coefficient (Wildman–Crippen LogP) is 4.80. The van der Waals surface area contributed by atoms with Crippen LogP contribution in [0.3, 0.4) is 0 Å². The highest BCUT2D eigenvalue weighted by Crippen LogP contribution is 2.42. The minimum Gasteiger partial charge on any atom is -0.465 e. The molecular formula is C32H35F3N6O4. The second-order valence-electron chi connectivity index (χ2n) is 11.9. The quantitative estimate of drug-likeness (QED) is 0.317. The maximum atomic E-state index is 14.3. The van der Waals surface area contributed by atoms with Gasteiger partial charge >= 0.3 is 12.1 Å². The summed E-state index contributed by atoms with van der Waals surface area (Å²) in [5.74, 6) is -0.351. The number of carbonyl (C=O) groups excluding carboxylic acids is 2. The largest absolute Gasteiger partial charge is 0.465 e. The molecule has 10 nitrogen and oxygen atoms in total. The van der Waals surface area contributed by atoms with Crippen molar-refractivity contribution in [3.8, 4) is 17.0 Å². The number of hydrogen-bond donors (Lipinski definition) is 3. The summed E-state index contributed by atoms with van der Waals surface area (Å²) < 4.78 is 53.6. The Morgan fingerprint density at radius 2 is 1.82 bits per heavy atom. The molecule has 45 heavy (non-hydrogen) atoms. The Morgan fingerprint density at radius 1 is 1.09 bits per heavy atom. The molecule has 0 bridgehead atoms. The van der Waals surface area contributed by atoms with Gasteiger partial charge in [0.1, 0.15) is 11.9 Å². The van der Waals surface area contributed by atoms with Crippen molar-refractivity contribution in [2.45, 2.75) is 57.3 Å². The van der Waals surface area contributed by atoms with Crippen LogP contribution in [-0.2, 0) is 20.7 Å². The number of anilines is 3. The Balaban J connectivity index is 1.15. The second-order valence-corrected chi connectivity index (χ2v) is 11.9. The molecule has 6 rings (SSSR count). The number of ether oxygens (including phenoxy) is 2. The molecule has 1 amide bonds. The van der Waals surface area contributed by atoms with Crippen molar-refractivity contribution in [1.82, 2.24) is 15.3 Å². The number of hydrogen-bond acceptors (Lipinski definition) is 9. The summed E-state index contributed by atoms with van der Waals surface area (Å²) in [4.78, 5) is 34.1. The summed E-state index contributed by atoms with van der Waals surface area (Å²) >= 11 is 0. The van der Waals surface area contributed by atoms with Crippen molar-refractivity contribution < 1.29 is 32.2 Å². The van der Waals surface area contributed by atoms with Crippen LogP contribution >= 0.6 is 0 Å². The summed E-state index contributed by atoms with van der Waals surface area (Å²) in [6.07, 6.45) is -3.79. The van der Waals surface area contributed by atoms with E-state index in [0.29, 0.717) is 51.3 Å². The maximum absolute atomic E-state index is 14.3. The fraction of sp³-hybridized carbons (Fsp3) is 0.438. The zero-order chi connectivity index (χ0) is 31.8. The number of nitrogens with one attached hydrogen (secondary N) is 2. The molecule has 2 saturated heterocycles. The number of benzene rings is 2. The van der Waals surface area contributed by atoms with Gasteiger partial charge in [0.05, 0.1) is 6.61 Å².